The van der Waals surface area contributed by atoms with E-state index in [0.717, 1.165) is 0 Å². The Kier molecular flexibility index (Phi) is 6.23. The smallest absolute Gasteiger partial charge is 0.387 e. The molecule has 0 fully saturated rings. The first-order chi connectivity index (χ1) is 11.5. The second-order valence-electron chi connectivity index (χ2n) is 5.21. The number of nitrogens with one attached hydrogen (secondary N) is 1. The van der Waals surface area contributed by atoms with Crippen molar-refractivity contribution >= 4 is 5.91 Å². The summed E-state index contributed by atoms with van der Waals surface area (Å²) in [5.74, 6) is -0.827. The van der Waals surface area contributed by atoms with Gasteiger partial charge in [0.2, 0.25) is 5.91 Å². The summed E-state index contributed by atoms with van der Waals surface area (Å²) in [6.07, 6.45) is 0.355. The Morgan fingerprint density at radius 3 is 2.46 bits per heavy atom. The summed E-state index contributed by atoms with van der Waals surface area (Å²) in [6.45, 7) is -1.13. The molecule has 0 aliphatic rings. The topological polar surface area (TPSA) is 38.3 Å². The van der Waals surface area contributed by atoms with Gasteiger partial charge in [-0.3, -0.25) is 4.79 Å². The molecule has 1 N–H and O–H groups in total. The van der Waals surface area contributed by atoms with Crippen LogP contribution in [0.5, 0.6) is 5.75 Å². The van der Waals surface area contributed by atoms with E-state index in [1.165, 1.54) is 18.2 Å². The molecule has 0 aliphatic carbocycles. The van der Waals surface area contributed by atoms with Gasteiger partial charge in [-0.15, -0.1) is 0 Å². The standard InChI is InChI=1S/C18H18F3NO2/c1-2-15(13-8-4-6-10-16(13)24-18(20)21)22-17(23)11-12-7-3-5-9-14(12)19/h3-10,15,18H,2,11H2,1H3,(H,22,23)/t15-/m0/s1. The van der Waals surface area contributed by atoms with Crippen LogP contribution >= 0.6 is 0 Å². The van der Waals surface area contributed by atoms with Crippen LogP contribution in [0.2, 0.25) is 0 Å². The lowest BCUT2D eigenvalue weighted by Crippen LogP contribution is -2.30. The van der Waals surface area contributed by atoms with Gasteiger partial charge in [-0.1, -0.05) is 43.3 Å². The molecule has 128 valence electrons. The third kappa shape index (κ3) is 4.75. The first-order valence-electron chi connectivity index (χ1n) is 7.57. The third-order valence-corrected chi connectivity index (χ3v) is 3.56. The molecule has 0 saturated heterocycles. The third-order valence-electron chi connectivity index (χ3n) is 3.56. The molecule has 0 heterocycles. The van der Waals surface area contributed by atoms with Crippen LogP contribution < -0.4 is 10.1 Å². The summed E-state index contributed by atoms with van der Waals surface area (Å²) in [6, 6.07) is 11.8. The van der Waals surface area contributed by atoms with Gasteiger partial charge in [0.25, 0.3) is 0 Å². The highest BCUT2D eigenvalue weighted by molar-refractivity contribution is 5.79. The summed E-state index contributed by atoms with van der Waals surface area (Å²) < 4.78 is 43.1. The molecule has 0 aliphatic heterocycles. The molecular weight excluding hydrogens is 319 g/mol. The number of para-hydroxylation sites is 1. The van der Waals surface area contributed by atoms with Gasteiger partial charge < -0.3 is 10.1 Å². The van der Waals surface area contributed by atoms with E-state index in [9.17, 15) is 18.0 Å². The summed E-state index contributed by atoms with van der Waals surface area (Å²) in [5, 5.41) is 2.74. The van der Waals surface area contributed by atoms with Crippen molar-refractivity contribution in [2.75, 3.05) is 0 Å². The van der Waals surface area contributed by atoms with E-state index in [0.29, 0.717) is 12.0 Å². The van der Waals surface area contributed by atoms with Crippen LogP contribution in [0.3, 0.4) is 0 Å². The molecule has 1 amide bonds. The lowest BCUT2D eigenvalue weighted by Gasteiger charge is -2.20. The minimum absolute atomic E-state index is 0.0190. The van der Waals surface area contributed by atoms with Crippen molar-refractivity contribution in [2.45, 2.75) is 32.4 Å². The van der Waals surface area contributed by atoms with E-state index in [2.05, 4.69) is 10.1 Å². The van der Waals surface area contributed by atoms with Crippen molar-refractivity contribution in [2.24, 2.45) is 0 Å². The molecule has 2 rings (SSSR count). The van der Waals surface area contributed by atoms with Gasteiger partial charge in [0, 0.05) is 5.56 Å². The summed E-state index contributed by atoms with van der Waals surface area (Å²) in [4.78, 5) is 12.2. The number of rotatable bonds is 7. The summed E-state index contributed by atoms with van der Waals surface area (Å²) >= 11 is 0. The number of halogens is 3. The minimum Gasteiger partial charge on any atom is -0.434 e. The minimum atomic E-state index is -2.95. The SMILES string of the molecule is CC[C@H](NC(=O)Cc1ccccc1F)c1ccccc1OC(F)F. The zero-order valence-electron chi connectivity index (χ0n) is 13.1. The number of alkyl halides is 2. The quantitative estimate of drug-likeness (QED) is 0.821. The molecule has 24 heavy (non-hydrogen) atoms. The van der Waals surface area contributed by atoms with Crippen molar-refractivity contribution in [3.8, 4) is 5.75 Å². The molecule has 3 nitrogen and oxygen atoms in total. The Labute approximate surface area is 138 Å². The van der Waals surface area contributed by atoms with Gasteiger partial charge in [-0.05, 0) is 24.1 Å². The highest BCUT2D eigenvalue weighted by Gasteiger charge is 2.19. The highest BCUT2D eigenvalue weighted by Crippen LogP contribution is 2.28. The average molecular weight is 337 g/mol. The zero-order chi connectivity index (χ0) is 17.5. The van der Waals surface area contributed by atoms with Crippen molar-refractivity contribution in [3.63, 3.8) is 0 Å². The Morgan fingerprint density at radius 2 is 1.79 bits per heavy atom. The average Bonchev–Trinajstić information content (AvgIpc) is 2.55. The molecule has 0 aromatic heterocycles. The Hall–Kier alpha value is -2.50. The Balaban J connectivity index is 2.12. The number of hydrogen-bond acceptors (Lipinski definition) is 2. The molecule has 2 aromatic carbocycles. The summed E-state index contributed by atoms with van der Waals surface area (Å²) in [7, 11) is 0. The van der Waals surface area contributed by atoms with Gasteiger partial charge in [-0.2, -0.15) is 8.78 Å². The fourth-order valence-corrected chi connectivity index (χ4v) is 2.43. The van der Waals surface area contributed by atoms with Gasteiger partial charge in [0.15, 0.2) is 0 Å². The maximum Gasteiger partial charge on any atom is 0.387 e. The fraction of sp³-hybridized carbons (Fsp3) is 0.278. The predicted octanol–water partition coefficient (Wildman–Crippen LogP) is 4.24. The number of carbonyl (C=O) groups is 1. The van der Waals surface area contributed by atoms with Crippen molar-refractivity contribution in [1.29, 1.82) is 0 Å². The van der Waals surface area contributed by atoms with Crippen LogP contribution in [0.15, 0.2) is 48.5 Å². The van der Waals surface area contributed by atoms with E-state index < -0.39 is 18.5 Å². The van der Waals surface area contributed by atoms with Crippen molar-refractivity contribution in [1.82, 2.24) is 5.32 Å². The Morgan fingerprint density at radius 1 is 1.12 bits per heavy atom. The maximum absolute atomic E-state index is 13.6. The molecular formula is C18H18F3NO2. The van der Waals surface area contributed by atoms with Crippen LogP contribution in [-0.2, 0) is 11.2 Å². The molecule has 0 saturated carbocycles. The van der Waals surface area contributed by atoms with Gasteiger partial charge in [0.1, 0.15) is 11.6 Å². The van der Waals surface area contributed by atoms with E-state index in [-0.39, 0.29) is 23.6 Å². The molecule has 0 radical (unpaired) electrons. The number of amides is 1. The van der Waals surface area contributed by atoms with Crippen LogP contribution in [0, 0.1) is 5.82 Å². The molecule has 0 spiro atoms. The van der Waals surface area contributed by atoms with Gasteiger partial charge in [0.05, 0.1) is 12.5 Å². The normalized spacial score (nSPS) is 12.0. The van der Waals surface area contributed by atoms with Crippen LogP contribution in [0.4, 0.5) is 13.2 Å². The molecule has 6 heteroatoms. The number of hydrogen-bond donors (Lipinski definition) is 1. The molecule has 2 aromatic rings. The van der Waals surface area contributed by atoms with Crippen LogP contribution in [-0.4, -0.2) is 12.5 Å². The monoisotopic (exact) mass is 337 g/mol. The maximum atomic E-state index is 13.6. The van der Waals surface area contributed by atoms with E-state index in [4.69, 9.17) is 0 Å². The van der Waals surface area contributed by atoms with E-state index in [1.807, 2.05) is 6.92 Å². The number of benzene rings is 2. The van der Waals surface area contributed by atoms with E-state index in [1.54, 1.807) is 30.3 Å². The Bertz CT molecular complexity index is 691. The van der Waals surface area contributed by atoms with Crippen molar-refractivity contribution < 1.29 is 22.7 Å². The zero-order valence-corrected chi connectivity index (χ0v) is 13.1. The predicted molar refractivity (Wildman–Crippen MR) is 84.4 cm³/mol. The number of carbonyl (C=O) groups excluding carboxylic acids is 1. The second-order valence-corrected chi connectivity index (χ2v) is 5.21. The van der Waals surface area contributed by atoms with Crippen LogP contribution in [0.25, 0.3) is 0 Å². The fourth-order valence-electron chi connectivity index (χ4n) is 2.43. The van der Waals surface area contributed by atoms with Crippen molar-refractivity contribution in [3.05, 3.63) is 65.5 Å². The largest absolute Gasteiger partial charge is 0.434 e. The second kappa shape index (κ2) is 8.38. The lowest BCUT2D eigenvalue weighted by atomic mass is 10.0. The van der Waals surface area contributed by atoms with E-state index >= 15 is 0 Å². The molecule has 0 bridgehead atoms. The lowest BCUT2D eigenvalue weighted by molar-refractivity contribution is -0.121. The van der Waals surface area contributed by atoms with Gasteiger partial charge in [-0.25, -0.2) is 4.39 Å². The summed E-state index contributed by atoms with van der Waals surface area (Å²) in [5.41, 5.74) is 0.740. The van der Waals surface area contributed by atoms with Crippen LogP contribution in [0.1, 0.15) is 30.5 Å². The first-order valence-corrected chi connectivity index (χ1v) is 7.57. The molecule has 0 unspecified atom stereocenters. The number of ether oxygens (including phenoxy) is 1. The van der Waals surface area contributed by atoms with Gasteiger partial charge >= 0.3 is 6.61 Å². The first kappa shape index (κ1) is 17.8. The molecule has 1 atom stereocenters. The highest BCUT2D eigenvalue weighted by atomic mass is 19.3.